The third kappa shape index (κ3) is 1.50. The molecule has 2 aromatic rings. The van der Waals surface area contributed by atoms with Crippen LogP contribution < -0.4 is 5.32 Å². The van der Waals surface area contributed by atoms with Gasteiger partial charge in [0.25, 0.3) is 0 Å². The number of hydrogen-bond donors (Lipinski definition) is 1. The lowest BCUT2D eigenvalue weighted by Gasteiger charge is -1.99. The molecule has 0 bridgehead atoms. The van der Waals surface area contributed by atoms with Crippen molar-refractivity contribution in [2.45, 2.75) is 6.42 Å². The Labute approximate surface area is 87.8 Å². The van der Waals surface area contributed by atoms with Crippen LogP contribution in [0.4, 0.5) is 0 Å². The number of aliphatic imine (C=N–C) groups is 1. The first kappa shape index (κ1) is 8.53. The summed E-state index contributed by atoms with van der Waals surface area (Å²) < 4.78 is 5.56. The summed E-state index contributed by atoms with van der Waals surface area (Å²) in [5.41, 5.74) is 0. The molecule has 1 aliphatic rings. The molecule has 3 heteroatoms. The molecular weight excluding hydrogens is 188 g/mol. The van der Waals surface area contributed by atoms with Crippen molar-refractivity contribution in [1.29, 1.82) is 0 Å². The van der Waals surface area contributed by atoms with Gasteiger partial charge in [-0.2, -0.15) is 0 Å². The Hall–Kier alpha value is -1.77. The standard InChI is InChI=1S/C12H12N2O/c1-2-4-10-9(3-1)8-15-11(10)7-12-13-5-6-14-12/h1-4,8H,5-7H2,(H,13,14). The summed E-state index contributed by atoms with van der Waals surface area (Å²) >= 11 is 0. The molecule has 0 unspecified atom stereocenters. The van der Waals surface area contributed by atoms with Crippen molar-refractivity contribution in [2.24, 2.45) is 4.99 Å². The highest BCUT2D eigenvalue weighted by atomic mass is 16.3. The lowest BCUT2D eigenvalue weighted by molar-refractivity contribution is 0.531. The van der Waals surface area contributed by atoms with E-state index in [1.807, 2.05) is 12.1 Å². The number of furan rings is 1. The summed E-state index contributed by atoms with van der Waals surface area (Å²) in [6.07, 6.45) is 2.58. The van der Waals surface area contributed by atoms with Crippen molar-refractivity contribution in [2.75, 3.05) is 13.1 Å². The molecule has 1 N–H and O–H groups in total. The highest BCUT2D eigenvalue weighted by molar-refractivity contribution is 5.91. The van der Waals surface area contributed by atoms with Crippen LogP contribution in [-0.4, -0.2) is 18.9 Å². The molecule has 15 heavy (non-hydrogen) atoms. The molecule has 3 nitrogen and oxygen atoms in total. The van der Waals surface area contributed by atoms with Crippen LogP contribution in [0.1, 0.15) is 5.76 Å². The van der Waals surface area contributed by atoms with E-state index in [4.69, 9.17) is 4.42 Å². The highest BCUT2D eigenvalue weighted by Crippen LogP contribution is 2.21. The van der Waals surface area contributed by atoms with E-state index in [2.05, 4.69) is 22.4 Å². The second-order valence-electron chi connectivity index (χ2n) is 3.68. The molecule has 0 radical (unpaired) electrons. The van der Waals surface area contributed by atoms with E-state index in [-0.39, 0.29) is 0 Å². The van der Waals surface area contributed by atoms with Gasteiger partial charge in [-0.05, 0) is 0 Å². The number of nitrogens with one attached hydrogen (secondary N) is 1. The first-order valence-electron chi connectivity index (χ1n) is 5.16. The fourth-order valence-corrected chi connectivity index (χ4v) is 1.91. The van der Waals surface area contributed by atoms with Crippen molar-refractivity contribution in [3.8, 4) is 0 Å². The van der Waals surface area contributed by atoms with Gasteiger partial charge in [-0.1, -0.05) is 24.3 Å². The number of fused-ring (bicyclic) bond motifs is 1. The average molecular weight is 200 g/mol. The fraction of sp³-hybridized carbons (Fsp3) is 0.250. The molecule has 0 saturated carbocycles. The van der Waals surface area contributed by atoms with Crippen LogP contribution in [0.15, 0.2) is 39.9 Å². The monoisotopic (exact) mass is 200 g/mol. The molecule has 0 amide bonds. The number of benzene rings is 1. The Balaban J connectivity index is 1.97. The number of hydrogen-bond acceptors (Lipinski definition) is 3. The minimum atomic E-state index is 0.771. The second-order valence-corrected chi connectivity index (χ2v) is 3.68. The molecule has 1 aliphatic heterocycles. The summed E-state index contributed by atoms with van der Waals surface area (Å²) in [5, 5.41) is 5.60. The molecule has 0 atom stereocenters. The first-order chi connectivity index (χ1) is 7.43. The van der Waals surface area contributed by atoms with E-state index < -0.39 is 0 Å². The quantitative estimate of drug-likeness (QED) is 0.804. The molecule has 2 heterocycles. The number of amidine groups is 1. The maximum atomic E-state index is 5.56. The van der Waals surface area contributed by atoms with Gasteiger partial charge in [0, 0.05) is 17.3 Å². The summed E-state index contributed by atoms with van der Waals surface area (Å²) in [4.78, 5) is 4.36. The van der Waals surface area contributed by atoms with E-state index in [1.54, 1.807) is 6.26 Å². The molecule has 0 spiro atoms. The van der Waals surface area contributed by atoms with Gasteiger partial charge >= 0.3 is 0 Å². The summed E-state index contributed by atoms with van der Waals surface area (Å²) in [5.74, 6) is 2.04. The van der Waals surface area contributed by atoms with Crippen LogP contribution >= 0.6 is 0 Å². The van der Waals surface area contributed by atoms with Crippen LogP contribution in [0.2, 0.25) is 0 Å². The Morgan fingerprint density at radius 3 is 3.13 bits per heavy atom. The van der Waals surface area contributed by atoms with Crippen molar-refractivity contribution in [3.63, 3.8) is 0 Å². The van der Waals surface area contributed by atoms with Crippen LogP contribution in [-0.2, 0) is 6.42 Å². The minimum absolute atomic E-state index is 0.771. The highest BCUT2D eigenvalue weighted by Gasteiger charge is 2.11. The summed E-state index contributed by atoms with van der Waals surface area (Å²) in [7, 11) is 0. The zero-order valence-corrected chi connectivity index (χ0v) is 8.36. The third-order valence-corrected chi connectivity index (χ3v) is 2.66. The molecule has 0 aliphatic carbocycles. The van der Waals surface area contributed by atoms with Crippen LogP contribution in [0.5, 0.6) is 0 Å². The van der Waals surface area contributed by atoms with Gasteiger partial charge in [-0.15, -0.1) is 0 Å². The largest absolute Gasteiger partial charge is 0.468 e. The van der Waals surface area contributed by atoms with Crippen LogP contribution in [0.3, 0.4) is 0 Å². The predicted octanol–water partition coefficient (Wildman–Crippen LogP) is 1.98. The Kier molecular flexibility index (Phi) is 1.95. The van der Waals surface area contributed by atoms with Crippen molar-refractivity contribution < 1.29 is 4.42 Å². The van der Waals surface area contributed by atoms with E-state index in [0.29, 0.717) is 0 Å². The Bertz CT molecular complexity index is 513. The molecule has 76 valence electrons. The van der Waals surface area contributed by atoms with Crippen LogP contribution in [0, 0.1) is 0 Å². The summed E-state index contributed by atoms with van der Waals surface area (Å²) in [6.45, 7) is 1.84. The van der Waals surface area contributed by atoms with Gasteiger partial charge in [0.15, 0.2) is 0 Å². The maximum Gasteiger partial charge on any atom is 0.119 e. The Morgan fingerprint density at radius 1 is 1.33 bits per heavy atom. The summed E-state index contributed by atoms with van der Waals surface area (Å²) in [6, 6.07) is 8.20. The zero-order chi connectivity index (χ0) is 10.1. The molecule has 1 aromatic heterocycles. The smallest absolute Gasteiger partial charge is 0.119 e. The van der Waals surface area contributed by atoms with Crippen molar-refractivity contribution in [1.82, 2.24) is 5.32 Å². The lowest BCUT2D eigenvalue weighted by atomic mass is 10.1. The molecule has 0 fully saturated rings. The van der Waals surface area contributed by atoms with Gasteiger partial charge in [0.2, 0.25) is 0 Å². The normalized spacial score (nSPS) is 15.3. The van der Waals surface area contributed by atoms with Crippen LogP contribution in [0.25, 0.3) is 10.8 Å². The first-order valence-corrected chi connectivity index (χ1v) is 5.16. The number of nitrogens with zero attached hydrogens (tertiary/aromatic N) is 1. The van der Waals surface area contributed by atoms with Crippen molar-refractivity contribution >= 4 is 16.6 Å². The average Bonchev–Trinajstić information content (AvgIpc) is 2.89. The molecular formula is C12H12N2O. The fourth-order valence-electron chi connectivity index (χ4n) is 1.91. The van der Waals surface area contributed by atoms with Crippen molar-refractivity contribution in [3.05, 3.63) is 36.3 Å². The third-order valence-electron chi connectivity index (χ3n) is 2.66. The zero-order valence-electron chi connectivity index (χ0n) is 8.36. The SMILES string of the molecule is c1ccc2c(CC3=NCCN3)occ2c1. The Morgan fingerprint density at radius 2 is 2.27 bits per heavy atom. The topological polar surface area (TPSA) is 37.5 Å². The van der Waals surface area contributed by atoms with Gasteiger partial charge in [-0.3, -0.25) is 4.99 Å². The van der Waals surface area contributed by atoms with Gasteiger partial charge in [0.05, 0.1) is 19.2 Å². The van der Waals surface area contributed by atoms with Gasteiger partial charge in [0.1, 0.15) is 11.6 Å². The minimum Gasteiger partial charge on any atom is -0.468 e. The van der Waals surface area contributed by atoms with E-state index >= 15 is 0 Å². The van der Waals surface area contributed by atoms with Gasteiger partial charge in [-0.25, -0.2) is 0 Å². The van der Waals surface area contributed by atoms with E-state index in [1.165, 1.54) is 5.39 Å². The van der Waals surface area contributed by atoms with E-state index in [0.717, 1.165) is 36.5 Å². The molecule has 3 rings (SSSR count). The van der Waals surface area contributed by atoms with Gasteiger partial charge < -0.3 is 9.73 Å². The molecule has 1 aromatic carbocycles. The second kappa shape index (κ2) is 3.42. The lowest BCUT2D eigenvalue weighted by Crippen LogP contribution is -2.20. The predicted molar refractivity (Wildman–Crippen MR) is 60.2 cm³/mol. The molecule has 0 saturated heterocycles. The van der Waals surface area contributed by atoms with E-state index in [9.17, 15) is 0 Å². The maximum absolute atomic E-state index is 5.56. The number of rotatable bonds is 2.